The van der Waals surface area contributed by atoms with Crippen LogP contribution in [0.2, 0.25) is 0 Å². The number of nitrogens with one attached hydrogen (secondary N) is 2. The smallest absolute Gasteiger partial charge is 0.527 e. The summed E-state index contributed by atoms with van der Waals surface area (Å²) in [6.07, 6.45) is 2.07. The molecule has 0 saturated carbocycles. The summed E-state index contributed by atoms with van der Waals surface area (Å²) < 4.78 is 61.0. The van der Waals surface area contributed by atoms with Gasteiger partial charge in [0.15, 0.2) is 0 Å². The summed E-state index contributed by atoms with van der Waals surface area (Å²) in [5, 5.41) is 0. The van der Waals surface area contributed by atoms with Crippen molar-refractivity contribution in [2.75, 3.05) is 22.0 Å². The Labute approximate surface area is 147 Å². The molecule has 0 amide bonds. The van der Waals surface area contributed by atoms with Crippen LogP contribution in [0.3, 0.4) is 0 Å². The molecule has 0 fully saturated rings. The van der Waals surface area contributed by atoms with E-state index < -0.39 is 20.0 Å². The van der Waals surface area contributed by atoms with Crippen LogP contribution in [-0.2, 0) is 20.0 Å². The first-order valence-electron chi connectivity index (χ1n) is 7.03. The number of anilines is 2. The van der Waals surface area contributed by atoms with Gasteiger partial charge >= 0.3 is 7.69 Å². The van der Waals surface area contributed by atoms with E-state index in [1.165, 1.54) is 0 Å². The fourth-order valence-corrected chi connectivity index (χ4v) is 3.05. The van der Waals surface area contributed by atoms with Gasteiger partial charge < -0.3 is 9.31 Å². The average molecular weight is 384 g/mol. The maximum atomic E-state index is 11.4. The van der Waals surface area contributed by atoms with E-state index in [1.54, 1.807) is 48.5 Å². The predicted molar refractivity (Wildman–Crippen MR) is 98.2 cm³/mol. The second kappa shape index (κ2) is 7.66. The third-order valence-corrected chi connectivity index (χ3v) is 3.98. The molecule has 2 aromatic rings. The maximum absolute atomic E-state index is 11.4. The van der Waals surface area contributed by atoms with Crippen LogP contribution in [0, 0.1) is 0 Å². The minimum atomic E-state index is -3.45. The molecular weight excluding hydrogens is 367 g/mol. The van der Waals surface area contributed by atoms with Gasteiger partial charge in [-0.15, -0.1) is 0 Å². The van der Waals surface area contributed by atoms with Crippen LogP contribution in [-0.4, -0.2) is 37.0 Å². The molecule has 0 aliphatic heterocycles. The van der Waals surface area contributed by atoms with Crippen molar-refractivity contribution in [3.05, 3.63) is 48.5 Å². The molecule has 0 radical (unpaired) electrons. The van der Waals surface area contributed by atoms with Crippen molar-refractivity contribution >= 4 is 39.1 Å². The van der Waals surface area contributed by atoms with Crippen LogP contribution in [0.25, 0.3) is 0 Å². The summed E-state index contributed by atoms with van der Waals surface area (Å²) in [7, 11) is -7.15. The van der Waals surface area contributed by atoms with E-state index in [2.05, 4.69) is 9.44 Å². The number of sulfonamides is 2. The molecule has 2 aromatic carbocycles. The molecule has 0 unspecified atom stereocenters. The van der Waals surface area contributed by atoms with E-state index in [9.17, 15) is 16.8 Å². The zero-order valence-electron chi connectivity index (χ0n) is 13.6. The molecule has 0 aliphatic rings. The lowest BCUT2D eigenvalue weighted by atomic mass is 10.2. The second-order valence-electron chi connectivity index (χ2n) is 5.15. The van der Waals surface area contributed by atoms with Gasteiger partial charge in [-0.25, -0.2) is 16.8 Å². The molecule has 0 aromatic heterocycles. The van der Waals surface area contributed by atoms with Crippen LogP contribution in [0.4, 0.5) is 11.4 Å². The number of benzene rings is 2. The zero-order valence-corrected chi connectivity index (χ0v) is 15.2. The first-order chi connectivity index (χ1) is 11.6. The molecule has 0 saturated heterocycles. The fourth-order valence-electron chi connectivity index (χ4n) is 1.91. The van der Waals surface area contributed by atoms with Gasteiger partial charge in [0.1, 0.15) is 11.5 Å². The highest BCUT2D eigenvalue weighted by Gasteiger charge is 2.11. The van der Waals surface area contributed by atoms with E-state index in [4.69, 9.17) is 9.31 Å². The highest BCUT2D eigenvalue weighted by atomic mass is 32.2. The molecule has 0 heterocycles. The third kappa shape index (κ3) is 6.55. The molecule has 11 heteroatoms. The minimum Gasteiger partial charge on any atom is -0.527 e. The van der Waals surface area contributed by atoms with Gasteiger partial charge in [-0.05, 0) is 24.3 Å². The zero-order chi connectivity index (χ0) is 18.5. The Morgan fingerprint density at radius 1 is 0.720 bits per heavy atom. The number of para-hydroxylation sites is 4. The van der Waals surface area contributed by atoms with Gasteiger partial charge in [-0.2, -0.15) is 0 Å². The predicted octanol–water partition coefficient (Wildman–Crippen LogP) is 1.15. The van der Waals surface area contributed by atoms with Crippen molar-refractivity contribution < 1.29 is 26.1 Å². The molecule has 0 atom stereocenters. The quantitative estimate of drug-likeness (QED) is 0.661. The molecule has 25 heavy (non-hydrogen) atoms. The average Bonchev–Trinajstić information content (AvgIpc) is 2.48. The summed E-state index contributed by atoms with van der Waals surface area (Å²) in [5.41, 5.74) is 0.548. The van der Waals surface area contributed by atoms with E-state index in [0.717, 1.165) is 12.5 Å². The Balaban J connectivity index is 2.07. The van der Waals surface area contributed by atoms with E-state index in [1.807, 2.05) is 0 Å². The van der Waals surface area contributed by atoms with Crippen molar-refractivity contribution in [2.24, 2.45) is 0 Å². The molecule has 134 valence electrons. The molecule has 2 N–H and O–H groups in total. The van der Waals surface area contributed by atoms with Gasteiger partial charge in [-0.3, -0.25) is 9.44 Å². The topological polar surface area (TPSA) is 111 Å². The van der Waals surface area contributed by atoms with Crippen molar-refractivity contribution in [1.29, 1.82) is 0 Å². The number of hydrogen-bond acceptors (Lipinski definition) is 6. The molecule has 8 nitrogen and oxygen atoms in total. The van der Waals surface area contributed by atoms with E-state index >= 15 is 0 Å². The highest BCUT2D eigenvalue weighted by molar-refractivity contribution is 7.92. The summed E-state index contributed by atoms with van der Waals surface area (Å²) in [5.74, 6) is 0.558. The summed E-state index contributed by atoms with van der Waals surface area (Å²) in [4.78, 5) is 0. The van der Waals surface area contributed by atoms with Crippen LogP contribution in [0.5, 0.6) is 11.5 Å². The van der Waals surface area contributed by atoms with E-state index in [0.29, 0.717) is 0 Å². The van der Waals surface area contributed by atoms with Crippen LogP contribution in [0.1, 0.15) is 0 Å². The van der Waals surface area contributed by atoms with Gasteiger partial charge in [0, 0.05) is 0 Å². The molecular formula is C14H17BN2O6S2. The SMILES string of the molecule is CS(=O)(=O)Nc1ccccc1OBOc1ccccc1NS(C)(=O)=O. The van der Waals surface area contributed by atoms with Crippen LogP contribution < -0.4 is 18.8 Å². The number of rotatable bonds is 8. The summed E-state index contributed by atoms with van der Waals surface area (Å²) >= 11 is 0. The van der Waals surface area contributed by atoms with Crippen molar-refractivity contribution in [3.63, 3.8) is 0 Å². The largest absolute Gasteiger partial charge is 0.576 e. The van der Waals surface area contributed by atoms with E-state index in [-0.39, 0.29) is 30.6 Å². The fraction of sp³-hybridized carbons (Fsp3) is 0.143. The standard InChI is InChI=1S/C14H17BN2O6S2/c1-24(18,19)16-11-7-3-5-9-13(11)22-15-23-14-10-6-4-8-12(14)17-25(2,20)21/h3-10,15-17H,1-2H3. The van der Waals surface area contributed by atoms with Gasteiger partial charge in [-0.1, -0.05) is 24.3 Å². The highest BCUT2D eigenvalue weighted by Crippen LogP contribution is 2.26. The Hall–Kier alpha value is -2.40. The van der Waals surface area contributed by atoms with Crippen LogP contribution in [0.15, 0.2) is 48.5 Å². The molecule has 0 spiro atoms. The maximum Gasteiger partial charge on any atom is 0.576 e. The Morgan fingerprint density at radius 2 is 1.08 bits per heavy atom. The first-order valence-corrected chi connectivity index (χ1v) is 10.8. The number of hydrogen-bond donors (Lipinski definition) is 2. The summed E-state index contributed by atoms with van der Waals surface area (Å²) in [6.45, 7) is 0. The second-order valence-corrected chi connectivity index (χ2v) is 8.64. The van der Waals surface area contributed by atoms with Crippen LogP contribution >= 0.6 is 0 Å². The monoisotopic (exact) mass is 384 g/mol. The Kier molecular flexibility index (Phi) is 5.80. The van der Waals surface area contributed by atoms with Gasteiger partial charge in [0.05, 0.1) is 23.9 Å². The molecule has 0 bridgehead atoms. The minimum absolute atomic E-state index is 0.245. The lowest BCUT2D eigenvalue weighted by Gasteiger charge is -2.14. The van der Waals surface area contributed by atoms with Crippen molar-refractivity contribution in [3.8, 4) is 11.5 Å². The third-order valence-electron chi connectivity index (χ3n) is 2.79. The first kappa shape index (κ1) is 18.9. The molecule has 2 rings (SSSR count). The normalized spacial score (nSPS) is 11.4. The Bertz CT molecular complexity index is 870. The molecule has 0 aliphatic carbocycles. The lowest BCUT2D eigenvalue weighted by molar-refractivity contribution is 0.461. The van der Waals surface area contributed by atoms with Crippen molar-refractivity contribution in [2.45, 2.75) is 0 Å². The van der Waals surface area contributed by atoms with Crippen molar-refractivity contribution in [1.82, 2.24) is 0 Å². The Morgan fingerprint density at radius 3 is 1.44 bits per heavy atom. The summed E-state index contributed by atoms with van der Waals surface area (Å²) in [6, 6.07) is 12.9. The van der Waals surface area contributed by atoms with Gasteiger partial charge in [0.2, 0.25) is 20.0 Å². The lowest BCUT2D eigenvalue weighted by Crippen LogP contribution is -2.16. The van der Waals surface area contributed by atoms with Gasteiger partial charge in [0.25, 0.3) is 0 Å².